The lowest BCUT2D eigenvalue weighted by molar-refractivity contribution is -0.192. The van der Waals surface area contributed by atoms with E-state index in [1.807, 2.05) is 12.1 Å². The normalized spacial score (nSPS) is 15.7. The number of carboxylic acids is 1. The van der Waals surface area contributed by atoms with Crippen molar-refractivity contribution in [3.05, 3.63) is 132 Å². The highest BCUT2D eigenvalue weighted by Gasteiger charge is 2.39. The third-order valence-corrected chi connectivity index (χ3v) is 7.17. The van der Waals surface area contributed by atoms with Crippen molar-refractivity contribution in [2.45, 2.75) is 24.9 Å². The number of hydrogen-bond donors (Lipinski definition) is 2. The van der Waals surface area contributed by atoms with Gasteiger partial charge in [-0.15, -0.1) is 0 Å². The number of hydrogen-bond acceptors (Lipinski definition) is 4. The van der Waals surface area contributed by atoms with Gasteiger partial charge in [-0.2, -0.15) is 26.3 Å². The topological polar surface area (TPSA) is 103 Å². The predicted octanol–water partition coefficient (Wildman–Crippen LogP) is 7.71. The van der Waals surface area contributed by atoms with E-state index >= 15 is 0 Å². The average molecular weight is 689 g/mol. The molecule has 2 heterocycles. The number of halogens is 7. The lowest BCUT2D eigenvalue weighted by Crippen LogP contribution is -2.46. The third-order valence-electron chi connectivity index (χ3n) is 7.17. The lowest BCUT2D eigenvalue weighted by atomic mass is 9.96. The molecule has 256 valence electrons. The van der Waals surface area contributed by atoms with Gasteiger partial charge in [0.1, 0.15) is 12.4 Å². The van der Waals surface area contributed by atoms with Crippen LogP contribution >= 0.6 is 0 Å². The van der Waals surface area contributed by atoms with Crippen molar-refractivity contribution in [1.82, 2.24) is 14.8 Å². The Morgan fingerprint density at radius 3 is 2.12 bits per heavy atom. The number of pyridine rings is 1. The number of aliphatic carboxylic acids is 1. The molecular weight excluding hydrogens is 661 g/mol. The quantitative estimate of drug-likeness (QED) is 0.165. The Labute approximate surface area is 275 Å². The molecule has 0 aliphatic carbocycles. The molecule has 0 unspecified atom stereocenters. The number of amides is 3. The van der Waals surface area contributed by atoms with Crippen LogP contribution in [0.25, 0.3) is 11.1 Å². The number of alkyl halides is 6. The molecule has 0 fully saturated rings. The number of urea groups is 1. The number of aromatic nitrogens is 1. The Balaban J connectivity index is 0.000000698. The molecule has 1 aromatic heterocycles. The van der Waals surface area contributed by atoms with Crippen molar-refractivity contribution in [2.75, 3.05) is 18.4 Å². The first-order chi connectivity index (χ1) is 23.1. The number of para-hydroxylation sites is 1. The smallest absolute Gasteiger partial charge is 0.475 e. The van der Waals surface area contributed by atoms with E-state index in [1.165, 1.54) is 58.3 Å². The summed E-state index contributed by atoms with van der Waals surface area (Å²) < 4.78 is 87.2. The molecule has 0 saturated heterocycles. The maximum Gasteiger partial charge on any atom is 0.490 e. The van der Waals surface area contributed by atoms with Gasteiger partial charge in [0.15, 0.2) is 0 Å². The molecule has 0 radical (unpaired) electrons. The number of carbonyl (C=O) groups is 3. The predicted molar refractivity (Wildman–Crippen MR) is 164 cm³/mol. The average Bonchev–Trinajstić information content (AvgIpc) is 3.05. The van der Waals surface area contributed by atoms with Gasteiger partial charge in [-0.05, 0) is 53.1 Å². The molecule has 4 aromatic rings. The van der Waals surface area contributed by atoms with Crippen molar-refractivity contribution in [1.29, 1.82) is 0 Å². The van der Waals surface area contributed by atoms with Gasteiger partial charge in [0.25, 0.3) is 0 Å². The molecule has 8 nitrogen and oxygen atoms in total. The first-order valence-electron chi connectivity index (χ1n) is 14.4. The first-order valence-corrected chi connectivity index (χ1v) is 14.4. The lowest BCUT2D eigenvalue weighted by Gasteiger charge is -2.35. The zero-order valence-electron chi connectivity index (χ0n) is 25.3. The molecule has 5 rings (SSSR count). The summed E-state index contributed by atoms with van der Waals surface area (Å²) in [4.78, 5) is 42.6. The van der Waals surface area contributed by atoms with E-state index in [9.17, 15) is 40.3 Å². The second-order valence-corrected chi connectivity index (χ2v) is 10.5. The second-order valence-electron chi connectivity index (χ2n) is 10.5. The molecule has 49 heavy (non-hydrogen) atoms. The van der Waals surface area contributed by atoms with E-state index in [0.29, 0.717) is 11.3 Å². The zero-order valence-corrected chi connectivity index (χ0v) is 25.3. The SMILES string of the molecule is O=C(Nc1ccccc1-c1ccncc1)N1C/C=C\[C@H](c2ccccc2C(F)(F)F)N(Cc2ccc(F)cc2)C(=O)C1.O=C(O)C(F)(F)F. The Morgan fingerprint density at radius 2 is 1.49 bits per heavy atom. The number of nitrogens with one attached hydrogen (secondary N) is 1. The summed E-state index contributed by atoms with van der Waals surface area (Å²) in [5.41, 5.74) is 1.67. The van der Waals surface area contributed by atoms with Crippen molar-refractivity contribution < 1.29 is 50.2 Å². The van der Waals surface area contributed by atoms with Crippen LogP contribution in [0, 0.1) is 5.82 Å². The van der Waals surface area contributed by atoms with Gasteiger partial charge in [-0.3, -0.25) is 9.78 Å². The summed E-state index contributed by atoms with van der Waals surface area (Å²) in [5, 5.41) is 9.99. The molecule has 3 aromatic carbocycles. The number of carboxylic acid groups (broad SMARTS) is 1. The highest BCUT2D eigenvalue weighted by Crippen LogP contribution is 2.38. The monoisotopic (exact) mass is 688 g/mol. The minimum Gasteiger partial charge on any atom is -0.475 e. The summed E-state index contributed by atoms with van der Waals surface area (Å²) in [6, 6.07) is 19.6. The fourth-order valence-corrected chi connectivity index (χ4v) is 4.88. The van der Waals surface area contributed by atoms with Crippen LogP contribution in [0.4, 0.5) is 41.2 Å². The van der Waals surface area contributed by atoms with Crippen LogP contribution in [0.15, 0.2) is 109 Å². The Hall–Kier alpha value is -5.73. The van der Waals surface area contributed by atoms with E-state index in [2.05, 4.69) is 10.3 Å². The molecule has 2 N–H and O–H groups in total. The van der Waals surface area contributed by atoms with Gasteiger partial charge in [0.2, 0.25) is 5.91 Å². The van der Waals surface area contributed by atoms with E-state index in [0.717, 1.165) is 17.2 Å². The highest BCUT2D eigenvalue weighted by molar-refractivity contribution is 5.96. The van der Waals surface area contributed by atoms with Gasteiger partial charge in [0, 0.05) is 31.0 Å². The largest absolute Gasteiger partial charge is 0.490 e. The molecule has 0 bridgehead atoms. The zero-order chi connectivity index (χ0) is 35.8. The van der Waals surface area contributed by atoms with Gasteiger partial charge in [0.05, 0.1) is 17.3 Å². The number of benzene rings is 3. The number of rotatable bonds is 5. The summed E-state index contributed by atoms with van der Waals surface area (Å²) in [6.07, 6.45) is -3.38. The summed E-state index contributed by atoms with van der Waals surface area (Å²) in [6.45, 7) is -0.496. The molecule has 0 saturated carbocycles. The summed E-state index contributed by atoms with van der Waals surface area (Å²) in [5.74, 6) is -3.80. The fourth-order valence-electron chi connectivity index (χ4n) is 4.88. The summed E-state index contributed by atoms with van der Waals surface area (Å²) >= 11 is 0. The fraction of sp³-hybridized carbons (Fsp3) is 0.176. The van der Waals surface area contributed by atoms with Gasteiger partial charge >= 0.3 is 24.4 Å². The van der Waals surface area contributed by atoms with Crippen LogP contribution in [0.1, 0.15) is 22.7 Å². The standard InChI is InChI=1S/C32H26F4N4O2.C2HF3O2/c33-24-13-11-22(12-14-24)20-40-29(26-7-1-3-8-27(26)32(34,35)36)10-5-19-39(21-30(40)41)31(42)38-28-9-4-2-6-25(28)23-15-17-37-18-16-23;3-2(4,5)1(6)7/h1-18,29H,19-21H2,(H,38,42);(H,6,7)/b10-5-;/t29-;/m1./s1. The van der Waals surface area contributed by atoms with Gasteiger partial charge in [-0.25, -0.2) is 14.0 Å². The molecular formula is C34H27F7N4O4. The second kappa shape index (κ2) is 15.4. The minimum atomic E-state index is -5.08. The van der Waals surface area contributed by atoms with E-state index in [-0.39, 0.29) is 25.2 Å². The van der Waals surface area contributed by atoms with E-state index in [1.54, 1.807) is 42.7 Å². The van der Waals surface area contributed by atoms with Crippen molar-refractivity contribution in [3.8, 4) is 11.1 Å². The number of carbonyl (C=O) groups excluding carboxylic acids is 2. The first kappa shape index (κ1) is 36.1. The van der Waals surface area contributed by atoms with Crippen LogP contribution in [0.5, 0.6) is 0 Å². The molecule has 0 spiro atoms. The maximum absolute atomic E-state index is 14.0. The Kier molecular flexibility index (Phi) is 11.4. The van der Waals surface area contributed by atoms with Crippen molar-refractivity contribution >= 4 is 23.6 Å². The molecule has 1 atom stereocenters. The molecule has 15 heteroatoms. The van der Waals surface area contributed by atoms with Crippen molar-refractivity contribution in [3.63, 3.8) is 0 Å². The van der Waals surface area contributed by atoms with Crippen LogP contribution < -0.4 is 5.32 Å². The van der Waals surface area contributed by atoms with E-state index < -0.39 is 47.7 Å². The van der Waals surface area contributed by atoms with Gasteiger partial charge in [-0.1, -0.05) is 60.7 Å². The highest BCUT2D eigenvalue weighted by atomic mass is 19.4. The van der Waals surface area contributed by atoms with Crippen LogP contribution in [-0.2, 0) is 22.3 Å². The maximum atomic E-state index is 14.0. The summed E-state index contributed by atoms with van der Waals surface area (Å²) in [7, 11) is 0. The van der Waals surface area contributed by atoms with Gasteiger partial charge < -0.3 is 20.2 Å². The Morgan fingerprint density at radius 1 is 0.878 bits per heavy atom. The number of anilines is 1. The minimum absolute atomic E-state index is 0.00985. The van der Waals surface area contributed by atoms with Crippen LogP contribution in [0.3, 0.4) is 0 Å². The molecule has 1 aliphatic heterocycles. The van der Waals surface area contributed by atoms with Crippen LogP contribution in [-0.4, -0.2) is 57.1 Å². The molecule has 3 amide bonds. The third kappa shape index (κ3) is 9.65. The Bertz CT molecular complexity index is 1800. The number of nitrogens with zero attached hydrogens (tertiary/aromatic N) is 3. The van der Waals surface area contributed by atoms with Crippen LogP contribution in [0.2, 0.25) is 0 Å². The molecule has 1 aliphatic rings. The van der Waals surface area contributed by atoms with E-state index in [4.69, 9.17) is 9.90 Å². The van der Waals surface area contributed by atoms with Crippen molar-refractivity contribution in [2.24, 2.45) is 0 Å².